The van der Waals surface area contributed by atoms with E-state index >= 15 is 0 Å². The highest BCUT2D eigenvalue weighted by Crippen LogP contribution is 2.19. The van der Waals surface area contributed by atoms with Crippen molar-refractivity contribution >= 4 is 15.9 Å². The number of carbonyl (C=O) groups is 1. The average Bonchev–Trinajstić information content (AvgIpc) is 3.21. The van der Waals surface area contributed by atoms with Gasteiger partial charge in [-0.05, 0) is 63.1 Å². The first-order valence-corrected chi connectivity index (χ1v) is 11.2. The summed E-state index contributed by atoms with van der Waals surface area (Å²) in [5.74, 6) is -0.248. The van der Waals surface area contributed by atoms with Crippen molar-refractivity contribution in [3.8, 4) is 0 Å². The van der Waals surface area contributed by atoms with Gasteiger partial charge in [-0.25, -0.2) is 13.1 Å². The molecule has 27 heavy (non-hydrogen) atoms. The molecule has 7 heteroatoms. The monoisotopic (exact) mass is 392 g/mol. The zero-order chi connectivity index (χ0) is 19.1. The summed E-state index contributed by atoms with van der Waals surface area (Å²) in [6.07, 6.45) is 9.58. The summed E-state index contributed by atoms with van der Waals surface area (Å²) in [5, 5.41) is 2.89. The van der Waals surface area contributed by atoms with Crippen LogP contribution in [-0.2, 0) is 14.8 Å². The maximum absolute atomic E-state index is 12.5. The summed E-state index contributed by atoms with van der Waals surface area (Å²) in [4.78, 5) is 12.5. The Balaban J connectivity index is 1.55. The molecule has 6 nitrogen and oxygen atoms in total. The van der Waals surface area contributed by atoms with Crippen molar-refractivity contribution in [3.05, 3.63) is 41.5 Å². The maximum Gasteiger partial charge on any atom is 0.251 e. The summed E-state index contributed by atoms with van der Waals surface area (Å²) in [7, 11) is -3.66. The van der Waals surface area contributed by atoms with E-state index in [0.29, 0.717) is 18.7 Å². The second-order valence-electron chi connectivity index (χ2n) is 7.13. The van der Waals surface area contributed by atoms with Gasteiger partial charge < -0.3 is 10.1 Å². The minimum atomic E-state index is -3.66. The number of sulfonamides is 1. The molecule has 0 saturated carbocycles. The number of hydrogen-bond acceptors (Lipinski definition) is 4. The molecular formula is C20H28N2O4S. The molecule has 3 rings (SSSR count). The lowest BCUT2D eigenvalue weighted by atomic mass is 9.97. The van der Waals surface area contributed by atoms with Gasteiger partial charge in [0.15, 0.2) is 0 Å². The molecule has 1 fully saturated rings. The molecule has 1 amide bonds. The standard InChI is InChI=1S/C20H28N2O4S/c23-20(21-12-11-16-6-2-1-3-7-16)17-8-4-10-19(14-17)27(24,25)22-15-18-9-5-13-26-18/h4,6,8,10,14,18,22H,1-3,5,7,9,11-13,15H2,(H,21,23). The Hall–Kier alpha value is -1.70. The fraction of sp³-hybridized carbons (Fsp3) is 0.550. The summed E-state index contributed by atoms with van der Waals surface area (Å²) < 4.78 is 33.0. The number of ether oxygens (including phenoxy) is 1. The molecule has 1 aromatic carbocycles. The van der Waals surface area contributed by atoms with Crippen LogP contribution in [-0.4, -0.2) is 40.1 Å². The van der Waals surface area contributed by atoms with E-state index in [1.807, 2.05) is 0 Å². The third-order valence-electron chi connectivity index (χ3n) is 5.05. The first kappa shape index (κ1) is 20.0. The van der Waals surface area contributed by atoms with Gasteiger partial charge in [0.25, 0.3) is 5.91 Å². The smallest absolute Gasteiger partial charge is 0.251 e. The number of allylic oxidation sites excluding steroid dienone is 1. The Morgan fingerprint density at radius 3 is 2.85 bits per heavy atom. The molecule has 1 atom stereocenters. The fourth-order valence-corrected chi connectivity index (χ4v) is 4.58. The van der Waals surface area contributed by atoms with Gasteiger partial charge in [0.05, 0.1) is 11.0 Å². The van der Waals surface area contributed by atoms with Crippen LogP contribution in [0.3, 0.4) is 0 Å². The van der Waals surface area contributed by atoms with Crippen LogP contribution < -0.4 is 10.0 Å². The number of carbonyl (C=O) groups excluding carboxylic acids is 1. The molecule has 1 heterocycles. The molecular weight excluding hydrogens is 364 g/mol. The molecule has 0 bridgehead atoms. The minimum absolute atomic E-state index is 0.0691. The second-order valence-corrected chi connectivity index (χ2v) is 8.90. The molecule has 1 aromatic rings. The van der Waals surface area contributed by atoms with Crippen LogP contribution in [0.1, 0.15) is 55.3 Å². The van der Waals surface area contributed by atoms with E-state index in [1.165, 1.54) is 30.5 Å². The number of benzene rings is 1. The van der Waals surface area contributed by atoms with Crippen LogP contribution in [0.15, 0.2) is 40.8 Å². The molecule has 148 valence electrons. The van der Waals surface area contributed by atoms with Gasteiger partial charge in [-0.1, -0.05) is 17.7 Å². The Morgan fingerprint density at radius 1 is 1.22 bits per heavy atom. The first-order chi connectivity index (χ1) is 13.0. The molecule has 2 N–H and O–H groups in total. The zero-order valence-corrected chi connectivity index (χ0v) is 16.4. The quantitative estimate of drug-likeness (QED) is 0.666. The van der Waals surface area contributed by atoms with Crippen LogP contribution in [0.2, 0.25) is 0 Å². The predicted molar refractivity (Wildman–Crippen MR) is 104 cm³/mol. The molecule has 1 saturated heterocycles. The summed E-state index contributed by atoms with van der Waals surface area (Å²) >= 11 is 0. The van der Waals surface area contributed by atoms with Crippen molar-refractivity contribution in [2.75, 3.05) is 19.7 Å². The third-order valence-corrected chi connectivity index (χ3v) is 6.47. The second kappa shape index (κ2) is 9.48. The van der Waals surface area contributed by atoms with Crippen molar-refractivity contribution in [3.63, 3.8) is 0 Å². The fourth-order valence-electron chi connectivity index (χ4n) is 3.47. The minimum Gasteiger partial charge on any atom is -0.377 e. The first-order valence-electron chi connectivity index (χ1n) is 9.72. The van der Waals surface area contributed by atoms with Crippen molar-refractivity contribution in [2.45, 2.75) is 55.9 Å². The lowest BCUT2D eigenvalue weighted by molar-refractivity contribution is 0.0953. The lowest BCUT2D eigenvalue weighted by Gasteiger charge is -2.13. The van der Waals surface area contributed by atoms with E-state index in [9.17, 15) is 13.2 Å². The summed E-state index contributed by atoms with van der Waals surface area (Å²) in [5.41, 5.74) is 1.75. The van der Waals surface area contributed by atoms with Crippen molar-refractivity contribution in [1.29, 1.82) is 0 Å². The Morgan fingerprint density at radius 2 is 2.11 bits per heavy atom. The zero-order valence-electron chi connectivity index (χ0n) is 15.6. The highest BCUT2D eigenvalue weighted by Gasteiger charge is 2.21. The molecule has 2 aliphatic rings. The highest BCUT2D eigenvalue weighted by molar-refractivity contribution is 7.89. The van der Waals surface area contributed by atoms with Crippen LogP contribution in [0.5, 0.6) is 0 Å². The Bertz CT molecular complexity index is 783. The van der Waals surface area contributed by atoms with Gasteiger partial charge in [-0.3, -0.25) is 4.79 Å². The van der Waals surface area contributed by atoms with Gasteiger partial charge in [-0.15, -0.1) is 0 Å². The van der Waals surface area contributed by atoms with E-state index in [2.05, 4.69) is 16.1 Å². The topological polar surface area (TPSA) is 84.5 Å². The lowest BCUT2D eigenvalue weighted by Crippen LogP contribution is -2.32. The molecule has 0 spiro atoms. The van der Waals surface area contributed by atoms with Gasteiger partial charge in [0.2, 0.25) is 10.0 Å². The average molecular weight is 393 g/mol. The van der Waals surface area contributed by atoms with Crippen molar-refractivity contribution < 1.29 is 17.9 Å². The largest absolute Gasteiger partial charge is 0.377 e. The van der Waals surface area contributed by atoms with E-state index in [-0.39, 0.29) is 23.5 Å². The van der Waals surface area contributed by atoms with Crippen LogP contribution >= 0.6 is 0 Å². The molecule has 0 aromatic heterocycles. The Kier molecular flexibility index (Phi) is 7.04. The van der Waals surface area contributed by atoms with Gasteiger partial charge in [0.1, 0.15) is 0 Å². The maximum atomic E-state index is 12.5. The number of hydrogen-bond donors (Lipinski definition) is 2. The molecule has 1 unspecified atom stereocenters. The van der Waals surface area contributed by atoms with E-state index in [4.69, 9.17) is 4.74 Å². The van der Waals surface area contributed by atoms with Gasteiger partial charge in [-0.2, -0.15) is 0 Å². The van der Waals surface area contributed by atoms with Crippen molar-refractivity contribution in [1.82, 2.24) is 10.0 Å². The third kappa shape index (κ3) is 5.89. The normalized spacial score (nSPS) is 20.3. The molecule has 1 aliphatic heterocycles. The number of rotatable bonds is 8. The van der Waals surface area contributed by atoms with Gasteiger partial charge in [0, 0.05) is 25.3 Å². The van der Waals surface area contributed by atoms with E-state index < -0.39 is 10.0 Å². The number of amides is 1. The van der Waals surface area contributed by atoms with E-state index in [1.54, 1.807) is 12.1 Å². The summed E-state index contributed by atoms with van der Waals surface area (Å²) in [6, 6.07) is 6.15. The SMILES string of the molecule is O=C(NCCC1=CCCCC1)c1cccc(S(=O)(=O)NCC2CCCO2)c1. The number of nitrogens with one attached hydrogen (secondary N) is 2. The van der Waals surface area contributed by atoms with Gasteiger partial charge >= 0.3 is 0 Å². The summed E-state index contributed by atoms with van der Waals surface area (Å²) in [6.45, 7) is 1.51. The predicted octanol–water partition coefficient (Wildman–Crippen LogP) is 2.76. The highest BCUT2D eigenvalue weighted by atomic mass is 32.2. The van der Waals surface area contributed by atoms with Crippen molar-refractivity contribution in [2.24, 2.45) is 0 Å². The van der Waals surface area contributed by atoms with E-state index in [0.717, 1.165) is 32.1 Å². The van der Waals surface area contributed by atoms with Crippen LogP contribution in [0.4, 0.5) is 0 Å². The van der Waals surface area contributed by atoms with Crippen LogP contribution in [0.25, 0.3) is 0 Å². The molecule has 1 aliphatic carbocycles. The molecule has 0 radical (unpaired) electrons. The Labute approximate surface area is 161 Å². The van der Waals surface area contributed by atoms with Crippen LogP contribution in [0, 0.1) is 0 Å².